The van der Waals surface area contributed by atoms with Crippen molar-refractivity contribution < 1.29 is 23.7 Å². The maximum absolute atomic E-state index is 13.4. The number of hydrogen-bond donors (Lipinski definition) is 1. The van der Waals surface area contributed by atoms with Gasteiger partial charge in [0.25, 0.3) is 0 Å². The maximum atomic E-state index is 13.4. The van der Waals surface area contributed by atoms with Gasteiger partial charge in [-0.3, -0.25) is 9.80 Å². The molecule has 2 aliphatic rings. The predicted molar refractivity (Wildman–Crippen MR) is 125 cm³/mol. The van der Waals surface area contributed by atoms with E-state index in [-0.39, 0.29) is 19.0 Å². The molecule has 2 heterocycles. The highest BCUT2D eigenvalue weighted by atomic mass is 19.1. The number of piperidine rings is 1. The first-order valence-corrected chi connectivity index (χ1v) is 11.9. The highest BCUT2D eigenvalue weighted by molar-refractivity contribution is 5.27. The van der Waals surface area contributed by atoms with Crippen molar-refractivity contribution in [1.82, 2.24) is 9.80 Å². The van der Waals surface area contributed by atoms with Gasteiger partial charge in [-0.2, -0.15) is 0 Å². The predicted octanol–water partition coefficient (Wildman–Crippen LogP) is 3.33. The van der Waals surface area contributed by atoms with Crippen LogP contribution in [-0.4, -0.2) is 79.7 Å². The highest BCUT2D eigenvalue weighted by Crippen LogP contribution is 2.20. The van der Waals surface area contributed by atoms with E-state index in [0.29, 0.717) is 32.1 Å². The van der Waals surface area contributed by atoms with Gasteiger partial charge in [-0.25, -0.2) is 4.39 Å². The first kappa shape index (κ1) is 24.0. The van der Waals surface area contributed by atoms with Crippen molar-refractivity contribution in [2.24, 2.45) is 0 Å². The molecule has 1 atom stereocenters. The molecule has 2 saturated heterocycles. The molecular weight excluding hydrogens is 423 g/mol. The van der Waals surface area contributed by atoms with Crippen LogP contribution in [0.25, 0.3) is 0 Å². The molecule has 0 bridgehead atoms. The van der Waals surface area contributed by atoms with E-state index in [1.807, 2.05) is 12.1 Å². The zero-order chi connectivity index (χ0) is 22.9. The van der Waals surface area contributed by atoms with Crippen molar-refractivity contribution in [3.05, 3.63) is 59.9 Å². The largest absolute Gasteiger partial charge is 0.492 e. The number of likely N-dealkylation sites (tertiary alicyclic amines) is 1. The molecule has 0 aliphatic carbocycles. The molecule has 0 radical (unpaired) electrons. The third-order valence-corrected chi connectivity index (χ3v) is 6.20. The van der Waals surface area contributed by atoms with E-state index < -0.39 is 5.60 Å². The third kappa shape index (κ3) is 7.67. The molecule has 180 valence electrons. The maximum Gasteiger partial charge on any atom is 0.134 e. The lowest BCUT2D eigenvalue weighted by Gasteiger charge is -2.30. The van der Waals surface area contributed by atoms with E-state index in [4.69, 9.17) is 14.2 Å². The zero-order valence-electron chi connectivity index (χ0n) is 19.3. The van der Waals surface area contributed by atoms with Crippen molar-refractivity contribution in [3.63, 3.8) is 0 Å². The summed E-state index contributed by atoms with van der Waals surface area (Å²) in [6.45, 7) is 6.64. The summed E-state index contributed by atoms with van der Waals surface area (Å²) >= 11 is 0. The van der Waals surface area contributed by atoms with Gasteiger partial charge in [0.1, 0.15) is 36.1 Å². The Labute approximate surface area is 195 Å². The summed E-state index contributed by atoms with van der Waals surface area (Å²) in [5.74, 6) is 0.919. The zero-order valence-corrected chi connectivity index (χ0v) is 19.3. The van der Waals surface area contributed by atoms with Crippen LogP contribution in [0.15, 0.2) is 48.5 Å². The summed E-state index contributed by atoms with van der Waals surface area (Å²) in [4.78, 5) is 4.63. The summed E-state index contributed by atoms with van der Waals surface area (Å²) in [5, 5.41) is 11.1. The van der Waals surface area contributed by atoms with Crippen molar-refractivity contribution >= 4 is 0 Å². The monoisotopic (exact) mass is 458 g/mol. The molecule has 2 aromatic rings. The summed E-state index contributed by atoms with van der Waals surface area (Å²) in [6, 6.07) is 14.1. The molecule has 1 N–H and O–H groups in total. The van der Waals surface area contributed by atoms with Crippen LogP contribution >= 0.6 is 0 Å². The molecule has 2 aromatic carbocycles. The Morgan fingerprint density at radius 1 is 0.939 bits per heavy atom. The first-order valence-electron chi connectivity index (χ1n) is 11.9. The summed E-state index contributed by atoms with van der Waals surface area (Å²) in [5.41, 5.74) is -0.0194. The Kier molecular flexibility index (Phi) is 8.56. The number of β-amino-alcohol motifs (C(OH)–C–C–N with tert-alkyl or cyclic N) is 1. The molecule has 0 aromatic heterocycles. The number of hydrogen-bond acceptors (Lipinski definition) is 6. The van der Waals surface area contributed by atoms with Crippen molar-refractivity contribution in [2.75, 3.05) is 59.2 Å². The molecule has 7 heteroatoms. The lowest BCUT2D eigenvalue weighted by Crippen LogP contribution is -2.48. The molecule has 6 nitrogen and oxygen atoms in total. The minimum Gasteiger partial charge on any atom is -0.492 e. The lowest BCUT2D eigenvalue weighted by molar-refractivity contribution is -0.0647. The molecule has 0 unspecified atom stereocenters. The molecule has 4 rings (SSSR count). The second-order valence-electron chi connectivity index (χ2n) is 9.13. The fraction of sp³-hybridized carbons (Fsp3) is 0.538. The summed E-state index contributed by atoms with van der Waals surface area (Å²) < 4.78 is 30.6. The van der Waals surface area contributed by atoms with Gasteiger partial charge in [-0.1, -0.05) is 24.6 Å². The average Bonchev–Trinajstić information content (AvgIpc) is 3.01. The number of halogens is 1. The van der Waals surface area contributed by atoms with Gasteiger partial charge < -0.3 is 19.3 Å². The number of rotatable bonds is 9. The van der Waals surface area contributed by atoms with Crippen LogP contribution in [-0.2, 0) is 11.3 Å². The van der Waals surface area contributed by atoms with Crippen molar-refractivity contribution in [1.29, 1.82) is 0 Å². The third-order valence-electron chi connectivity index (χ3n) is 6.20. The van der Waals surface area contributed by atoms with Crippen LogP contribution in [0, 0.1) is 5.82 Å². The Bertz CT molecular complexity index is 860. The SMILES string of the molecule is O[C@]1(COc2cccc(F)c2)COCCN(Cc2ccc(OCCN3CCCCC3)cc2)C1. The first-order chi connectivity index (χ1) is 16.1. The number of ether oxygens (including phenoxy) is 3. The Hall–Kier alpha value is -2.19. The van der Waals surface area contributed by atoms with Crippen molar-refractivity contribution in [3.8, 4) is 11.5 Å². The van der Waals surface area contributed by atoms with Gasteiger partial charge >= 0.3 is 0 Å². The van der Waals surface area contributed by atoms with E-state index in [1.54, 1.807) is 12.1 Å². The van der Waals surface area contributed by atoms with E-state index in [2.05, 4.69) is 21.9 Å². The standard InChI is InChI=1S/C26H35FN2O4/c27-23-5-4-6-25(17-23)33-21-26(30)19-29(13-15-31-20-26)18-22-7-9-24(10-8-22)32-16-14-28-11-2-1-3-12-28/h4-10,17,30H,1-3,11-16,18-21H2/t26-/m0/s1. The van der Waals surface area contributed by atoms with Crippen LogP contribution < -0.4 is 9.47 Å². The fourth-order valence-electron chi connectivity index (χ4n) is 4.42. The Morgan fingerprint density at radius 2 is 1.76 bits per heavy atom. The topological polar surface area (TPSA) is 54.4 Å². The molecule has 0 saturated carbocycles. The van der Waals surface area contributed by atoms with Crippen LogP contribution in [0.5, 0.6) is 11.5 Å². The van der Waals surface area contributed by atoms with Gasteiger partial charge in [-0.15, -0.1) is 0 Å². The van der Waals surface area contributed by atoms with Gasteiger partial charge in [-0.05, 0) is 55.8 Å². The van der Waals surface area contributed by atoms with Crippen molar-refractivity contribution in [2.45, 2.75) is 31.4 Å². The summed E-state index contributed by atoms with van der Waals surface area (Å²) in [7, 11) is 0. The van der Waals surface area contributed by atoms with E-state index >= 15 is 0 Å². The minimum absolute atomic E-state index is 0.0384. The smallest absolute Gasteiger partial charge is 0.134 e. The second kappa shape index (κ2) is 11.8. The van der Waals surface area contributed by atoms with Crippen LogP contribution in [0.3, 0.4) is 0 Å². The molecular formula is C26H35FN2O4. The Balaban J connectivity index is 1.25. The van der Waals surface area contributed by atoms with Gasteiger partial charge in [0.05, 0.1) is 13.2 Å². The van der Waals surface area contributed by atoms with Crippen LogP contribution in [0.2, 0.25) is 0 Å². The Morgan fingerprint density at radius 3 is 2.55 bits per heavy atom. The molecule has 33 heavy (non-hydrogen) atoms. The normalized spacial score (nSPS) is 22.6. The second-order valence-corrected chi connectivity index (χ2v) is 9.13. The molecule has 2 fully saturated rings. The van der Waals surface area contributed by atoms with Crippen LogP contribution in [0.1, 0.15) is 24.8 Å². The lowest BCUT2D eigenvalue weighted by atomic mass is 10.1. The van der Waals surface area contributed by atoms with E-state index in [9.17, 15) is 9.50 Å². The number of benzene rings is 2. The molecule has 0 amide bonds. The number of nitrogens with zero attached hydrogens (tertiary/aromatic N) is 2. The van der Waals surface area contributed by atoms with E-state index in [1.165, 1.54) is 44.5 Å². The van der Waals surface area contributed by atoms with Gasteiger partial charge in [0.2, 0.25) is 0 Å². The summed E-state index contributed by atoms with van der Waals surface area (Å²) in [6.07, 6.45) is 3.93. The van der Waals surface area contributed by atoms with E-state index in [0.717, 1.165) is 24.4 Å². The van der Waals surface area contributed by atoms with Gasteiger partial charge in [0.15, 0.2) is 0 Å². The quantitative estimate of drug-likeness (QED) is 0.622. The van der Waals surface area contributed by atoms with Gasteiger partial charge in [0, 0.05) is 32.2 Å². The average molecular weight is 459 g/mol. The fourth-order valence-corrected chi connectivity index (χ4v) is 4.42. The molecule has 0 spiro atoms. The number of aliphatic hydroxyl groups is 1. The molecule has 2 aliphatic heterocycles. The minimum atomic E-state index is -1.17. The van der Waals surface area contributed by atoms with Crippen LogP contribution in [0.4, 0.5) is 4.39 Å². The highest BCUT2D eigenvalue weighted by Gasteiger charge is 2.33.